The first-order valence-electron chi connectivity index (χ1n) is 7.00. The Kier molecular flexibility index (Phi) is 4.93. The zero-order chi connectivity index (χ0) is 13.9. The van der Waals surface area contributed by atoms with Gasteiger partial charge in [-0.2, -0.15) is 0 Å². The average Bonchev–Trinajstić information content (AvgIpc) is 2.37. The second-order valence-electron chi connectivity index (χ2n) is 6.00. The van der Waals surface area contributed by atoms with Crippen molar-refractivity contribution in [2.45, 2.75) is 13.8 Å². The van der Waals surface area contributed by atoms with Gasteiger partial charge in [0.1, 0.15) is 12.4 Å². The topological polar surface area (TPSA) is 32.7 Å². The number of likely N-dealkylation sites (tertiary alicyclic amines) is 1. The smallest absolute Gasteiger partial charge is 0.115 e. The number of hydrogen-bond donors (Lipinski definition) is 1. The number of aliphatic hydroxyl groups is 1. The van der Waals surface area contributed by atoms with Crippen molar-refractivity contribution in [3.05, 3.63) is 24.0 Å². The van der Waals surface area contributed by atoms with Gasteiger partial charge in [0.25, 0.3) is 0 Å². The summed E-state index contributed by atoms with van der Waals surface area (Å²) in [6, 6.07) is 0. The fourth-order valence-corrected chi connectivity index (χ4v) is 2.82. The van der Waals surface area contributed by atoms with Gasteiger partial charge in [0.2, 0.25) is 0 Å². The largest absolute Gasteiger partial charge is 0.493 e. The quantitative estimate of drug-likeness (QED) is 0.760. The van der Waals surface area contributed by atoms with Crippen LogP contribution < -0.4 is 0 Å². The number of ether oxygens (including phenoxy) is 1. The van der Waals surface area contributed by atoms with Gasteiger partial charge in [-0.15, -0.1) is 11.6 Å². The van der Waals surface area contributed by atoms with Crippen LogP contribution in [0, 0.1) is 17.3 Å². The summed E-state index contributed by atoms with van der Waals surface area (Å²) in [7, 11) is 0. The number of allylic oxidation sites excluding steroid dienone is 3. The second kappa shape index (κ2) is 6.29. The van der Waals surface area contributed by atoms with Crippen LogP contribution in [0.15, 0.2) is 24.0 Å². The van der Waals surface area contributed by atoms with Crippen molar-refractivity contribution < 1.29 is 9.84 Å². The molecule has 1 saturated heterocycles. The van der Waals surface area contributed by atoms with E-state index in [0.717, 1.165) is 25.4 Å². The Balaban J connectivity index is 1.66. The molecular formula is C15H24ClNO2. The van der Waals surface area contributed by atoms with Crippen molar-refractivity contribution in [1.29, 1.82) is 0 Å². The lowest BCUT2D eigenvalue weighted by molar-refractivity contribution is -0.0327. The maximum absolute atomic E-state index is 9.28. The van der Waals surface area contributed by atoms with E-state index in [2.05, 4.69) is 37.0 Å². The van der Waals surface area contributed by atoms with Gasteiger partial charge < -0.3 is 9.84 Å². The van der Waals surface area contributed by atoms with E-state index in [4.69, 9.17) is 16.3 Å². The monoisotopic (exact) mass is 285 g/mol. The lowest BCUT2D eigenvalue weighted by atomic mass is 9.83. The molecule has 0 bridgehead atoms. The van der Waals surface area contributed by atoms with Gasteiger partial charge in [-0.1, -0.05) is 19.9 Å². The molecular weight excluding hydrogens is 262 g/mol. The van der Waals surface area contributed by atoms with Crippen molar-refractivity contribution in [3.8, 4) is 0 Å². The number of hydrogen-bond acceptors (Lipinski definition) is 3. The first-order chi connectivity index (χ1) is 9.08. The van der Waals surface area contributed by atoms with Crippen LogP contribution in [0.1, 0.15) is 13.8 Å². The summed E-state index contributed by atoms with van der Waals surface area (Å²) in [6.07, 6.45) is 6.46. The van der Waals surface area contributed by atoms with Crippen LogP contribution in [0.5, 0.6) is 0 Å². The van der Waals surface area contributed by atoms with Crippen LogP contribution in [0.25, 0.3) is 0 Å². The molecule has 1 N–H and O–H groups in total. The molecule has 3 nitrogen and oxygen atoms in total. The maximum Gasteiger partial charge on any atom is 0.115 e. The van der Waals surface area contributed by atoms with Crippen molar-refractivity contribution >= 4 is 11.6 Å². The van der Waals surface area contributed by atoms with Gasteiger partial charge >= 0.3 is 0 Å². The fourth-order valence-electron chi connectivity index (χ4n) is 2.56. The van der Waals surface area contributed by atoms with Crippen molar-refractivity contribution in [1.82, 2.24) is 4.90 Å². The van der Waals surface area contributed by atoms with Gasteiger partial charge in [0, 0.05) is 30.9 Å². The minimum atomic E-state index is -0.0739. The van der Waals surface area contributed by atoms with E-state index in [1.807, 2.05) is 0 Å². The van der Waals surface area contributed by atoms with Gasteiger partial charge in [-0.25, -0.2) is 0 Å². The third-order valence-corrected chi connectivity index (χ3v) is 4.80. The molecule has 1 aliphatic carbocycles. The number of halogens is 1. The highest BCUT2D eigenvalue weighted by Crippen LogP contribution is 2.31. The van der Waals surface area contributed by atoms with Crippen LogP contribution in [0.4, 0.5) is 0 Å². The molecule has 0 radical (unpaired) electrons. The van der Waals surface area contributed by atoms with E-state index in [9.17, 15) is 5.11 Å². The Labute approximate surface area is 120 Å². The van der Waals surface area contributed by atoms with Crippen LogP contribution in [0.2, 0.25) is 0 Å². The number of aliphatic hydroxyl groups excluding tert-OH is 1. The lowest BCUT2D eigenvalue weighted by Gasteiger charge is -2.48. The standard InChI is InChI=1S/C15H24ClNO2/c1-12-3-4-14(7-13(12)2)19-6-5-17-9-15(8-16,10-17)11-18/h3-4,7,12-13,18H,5-6,8-11H2,1-2H3. The number of alkyl halides is 1. The van der Waals surface area contributed by atoms with Crippen molar-refractivity contribution in [2.24, 2.45) is 17.3 Å². The molecule has 0 spiro atoms. The summed E-state index contributed by atoms with van der Waals surface area (Å²) in [5, 5.41) is 9.28. The molecule has 1 heterocycles. The highest BCUT2D eigenvalue weighted by molar-refractivity contribution is 6.18. The molecule has 108 valence electrons. The summed E-state index contributed by atoms with van der Waals surface area (Å²) in [5.74, 6) is 2.65. The lowest BCUT2D eigenvalue weighted by Crippen LogP contribution is -2.59. The SMILES string of the molecule is CC1C=CC(OCCN2CC(CO)(CCl)C2)=CC1C. The normalized spacial score (nSPS) is 29.8. The van der Waals surface area contributed by atoms with E-state index in [-0.39, 0.29) is 12.0 Å². The molecule has 0 aromatic rings. The molecule has 19 heavy (non-hydrogen) atoms. The highest BCUT2D eigenvalue weighted by Gasteiger charge is 2.41. The number of nitrogens with zero attached hydrogens (tertiary/aromatic N) is 1. The maximum atomic E-state index is 9.28. The van der Waals surface area contributed by atoms with Crippen LogP contribution in [-0.2, 0) is 4.74 Å². The summed E-state index contributed by atoms with van der Waals surface area (Å²) in [4.78, 5) is 2.28. The third kappa shape index (κ3) is 3.53. The van der Waals surface area contributed by atoms with E-state index in [1.165, 1.54) is 0 Å². The fraction of sp³-hybridized carbons (Fsp3) is 0.733. The molecule has 2 aliphatic rings. The van der Waals surface area contributed by atoms with Gasteiger partial charge in [-0.05, 0) is 24.0 Å². The molecule has 0 aromatic carbocycles. The Morgan fingerprint density at radius 2 is 2.16 bits per heavy atom. The van der Waals surface area contributed by atoms with Crippen LogP contribution in [-0.4, -0.2) is 48.7 Å². The average molecular weight is 286 g/mol. The van der Waals surface area contributed by atoms with E-state index >= 15 is 0 Å². The molecule has 4 heteroatoms. The predicted molar refractivity (Wildman–Crippen MR) is 78.2 cm³/mol. The van der Waals surface area contributed by atoms with Gasteiger partial charge in [0.15, 0.2) is 0 Å². The zero-order valence-corrected chi connectivity index (χ0v) is 12.6. The Morgan fingerprint density at radius 3 is 2.74 bits per heavy atom. The van der Waals surface area contributed by atoms with Crippen LogP contribution in [0.3, 0.4) is 0 Å². The molecule has 0 saturated carbocycles. The summed E-state index contributed by atoms with van der Waals surface area (Å²) < 4.78 is 5.78. The number of rotatable bonds is 6. The van der Waals surface area contributed by atoms with Crippen LogP contribution >= 0.6 is 11.6 Å². The molecule has 0 amide bonds. The second-order valence-corrected chi connectivity index (χ2v) is 6.26. The molecule has 2 unspecified atom stereocenters. The van der Waals surface area contributed by atoms with Gasteiger partial charge in [-0.3, -0.25) is 4.90 Å². The molecule has 2 rings (SSSR count). The summed E-state index contributed by atoms with van der Waals surface area (Å²) in [5.41, 5.74) is -0.0739. The van der Waals surface area contributed by atoms with E-state index in [1.54, 1.807) is 0 Å². The molecule has 1 fully saturated rings. The Hall–Kier alpha value is -0.510. The Bertz CT molecular complexity index is 355. The van der Waals surface area contributed by atoms with Crippen molar-refractivity contribution in [3.63, 3.8) is 0 Å². The van der Waals surface area contributed by atoms with E-state index < -0.39 is 0 Å². The minimum absolute atomic E-state index is 0.0739. The molecule has 0 aromatic heterocycles. The summed E-state index contributed by atoms with van der Waals surface area (Å²) in [6.45, 7) is 7.95. The Morgan fingerprint density at radius 1 is 1.42 bits per heavy atom. The third-order valence-electron chi connectivity index (χ3n) is 4.23. The zero-order valence-electron chi connectivity index (χ0n) is 11.8. The highest BCUT2D eigenvalue weighted by atomic mass is 35.5. The first kappa shape index (κ1) is 14.9. The van der Waals surface area contributed by atoms with Gasteiger partial charge in [0.05, 0.1) is 6.61 Å². The molecule has 1 aliphatic heterocycles. The van der Waals surface area contributed by atoms with Crippen molar-refractivity contribution in [2.75, 3.05) is 38.7 Å². The molecule has 2 atom stereocenters. The minimum Gasteiger partial charge on any atom is -0.493 e. The first-order valence-corrected chi connectivity index (χ1v) is 7.54. The predicted octanol–water partition coefficient (Wildman–Crippen LogP) is 2.26. The summed E-state index contributed by atoms with van der Waals surface area (Å²) >= 11 is 5.87. The van der Waals surface area contributed by atoms with E-state index in [0.29, 0.717) is 24.3 Å².